The number of fused-ring (bicyclic) bond motifs is 1. The van der Waals surface area contributed by atoms with Crippen LogP contribution in [0.4, 0.5) is 0 Å². The summed E-state index contributed by atoms with van der Waals surface area (Å²) in [6.45, 7) is 2.24. The molecule has 4 aromatic rings. The number of nitrogens with one attached hydrogen (secondary N) is 2. The number of benzene rings is 2. The van der Waals surface area contributed by atoms with Crippen LogP contribution in [0.2, 0.25) is 0 Å². The molecule has 2 heterocycles. The lowest BCUT2D eigenvalue weighted by Crippen LogP contribution is -2.26. The summed E-state index contributed by atoms with van der Waals surface area (Å²) in [5, 5.41) is 7.10. The van der Waals surface area contributed by atoms with Crippen molar-refractivity contribution in [2.24, 2.45) is 0 Å². The van der Waals surface area contributed by atoms with Crippen LogP contribution in [-0.4, -0.2) is 38.9 Å². The lowest BCUT2D eigenvalue weighted by Gasteiger charge is -2.05. The first-order valence-corrected chi connectivity index (χ1v) is 10.9. The van der Waals surface area contributed by atoms with E-state index in [0.29, 0.717) is 29.7 Å². The molecule has 0 saturated carbocycles. The van der Waals surface area contributed by atoms with Crippen LogP contribution in [0.3, 0.4) is 0 Å². The van der Waals surface area contributed by atoms with Gasteiger partial charge in [-0.25, -0.2) is 18.1 Å². The van der Waals surface area contributed by atoms with E-state index < -0.39 is 10.0 Å². The Labute approximate surface area is 166 Å². The van der Waals surface area contributed by atoms with Gasteiger partial charge in [0.25, 0.3) is 0 Å². The van der Waals surface area contributed by atoms with E-state index in [9.17, 15) is 8.42 Å². The highest BCUT2D eigenvalue weighted by molar-refractivity contribution is 7.89. The van der Waals surface area contributed by atoms with Gasteiger partial charge >= 0.3 is 0 Å². The van der Waals surface area contributed by atoms with Gasteiger partial charge in [-0.2, -0.15) is 13.8 Å². The summed E-state index contributed by atoms with van der Waals surface area (Å²) < 4.78 is 35.9. The average molecular weight is 415 g/mol. The van der Waals surface area contributed by atoms with Crippen molar-refractivity contribution >= 4 is 32.8 Å². The summed E-state index contributed by atoms with van der Waals surface area (Å²) in [4.78, 5) is 4.58. The smallest absolute Gasteiger partial charge is 0.242 e. The average Bonchev–Trinajstić information content (AvgIpc) is 3.30. The van der Waals surface area contributed by atoms with E-state index >= 15 is 0 Å². The van der Waals surface area contributed by atoms with Gasteiger partial charge in [0.2, 0.25) is 10.0 Å². The first kappa shape index (κ1) is 18.7. The lowest BCUT2D eigenvalue weighted by molar-refractivity contribution is 0.581. The number of aromatic amines is 1. The van der Waals surface area contributed by atoms with Crippen LogP contribution in [0, 0.1) is 6.92 Å². The lowest BCUT2D eigenvalue weighted by atomic mass is 10.1. The molecule has 0 bridgehead atoms. The van der Waals surface area contributed by atoms with Gasteiger partial charge in [-0.15, -0.1) is 0 Å². The van der Waals surface area contributed by atoms with Crippen molar-refractivity contribution in [3.63, 3.8) is 0 Å². The second-order valence-corrected chi connectivity index (χ2v) is 8.66. The summed E-state index contributed by atoms with van der Waals surface area (Å²) in [6, 6.07) is 13.1. The van der Waals surface area contributed by atoms with E-state index in [0.717, 1.165) is 23.1 Å². The number of aromatic nitrogens is 5. The highest BCUT2D eigenvalue weighted by Crippen LogP contribution is 2.20. The summed E-state index contributed by atoms with van der Waals surface area (Å²) in [5.41, 5.74) is 3.30. The molecule has 0 amide bonds. The summed E-state index contributed by atoms with van der Waals surface area (Å²) in [7, 11) is -3.69. The highest BCUT2D eigenvalue weighted by atomic mass is 32.2. The van der Waals surface area contributed by atoms with Crippen LogP contribution in [-0.2, 0) is 22.9 Å². The largest absolute Gasteiger partial charge is 0.263 e. The van der Waals surface area contributed by atoms with Crippen LogP contribution < -0.4 is 4.72 Å². The maximum Gasteiger partial charge on any atom is 0.242 e. The van der Waals surface area contributed by atoms with E-state index in [2.05, 4.69) is 34.7 Å². The van der Waals surface area contributed by atoms with Crippen LogP contribution in [0.5, 0.6) is 0 Å². The van der Waals surface area contributed by atoms with Gasteiger partial charge in [0.05, 0.1) is 11.7 Å². The molecule has 144 valence electrons. The van der Waals surface area contributed by atoms with Gasteiger partial charge in [0, 0.05) is 19.4 Å². The Morgan fingerprint density at radius 1 is 1.14 bits per heavy atom. The number of nitrogens with zero attached hydrogens (tertiary/aromatic N) is 4. The van der Waals surface area contributed by atoms with Crippen molar-refractivity contribution in [1.82, 2.24) is 28.7 Å². The van der Waals surface area contributed by atoms with Gasteiger partial charge in [-0.1, -0.05) is 35.9 Å². The minimum atomic E-state index is -3.69. The molecular formula is C18H18N6O2S2. The first-order valence-electron chi connectivity index (χ1n) is 8.68. The van der Waals surface area contributed by atoms with E-state index in [1.54, 1.807) is 12.1 Å². The van der Waals surface area contributed by atoms with Gasteiger partial charge in [-0.3, -0.25) is 5.10 Å². The number of rotatable bonds is 7. The quantitative estimate of drug-likeness (QED) is 0.479. The molecular weight excluding hydrogens is 396 g/mol. The highest BCUT2D eigenvalue weighted by Gasteiger charge is 2.19. The van der Waals surface area contributed by atoms with Crippen LogP contribution in [0.25, 0.3) is 11.0 Å². The number of sulfonamides is 1. The second kappa shape index (κ2) is 7.74. The zero-order chi connectivity index (χ0) is 19.6. The molecule has 2 aromatic heterocycles. The standard InChI is InChI=1S/C18H18N6O2S2/c1-12-4-2-5-13(10-12)11-17-20-16(21-22-17)8-9-19-28(25,26)15-7-3-6-14-18(15)24-27-23-14/h2-7,10,19H,8-9,11H2,1H3,(H,20,21,22). The molecule has 2 N–H and O–H groups in total. The number of H-pyrrole nitrogens is 1. The first-order chi connectivity index (χ1) is 13.5. The third-order valence-electron chi connectivity index (χ3n) is 4.21. The van der Waals surface area contributed by atoms with E-state index in [-0.39, 0.29) is 11.4 Å². The van der Waals surface area contributed by atoms with Crippen molar-refractivity contribution in [3.05, 3.63) is 65.2 Å². The molecule has 10 heteroatoms. The molecule has 0 radical (unpaired) electrons. The Bertz CT molecular complexity index is 1220. The van der Waals surface area contributed by atoms with Crippen molar-refractivity contribution in [2.75, 3.05) is 6.54 Å². The molecule has 4 rings (SSSR count). The summed E-state index contributed by atoms with van der Waals surface area (Å²) in [5.74, 6) is 1.32. The fraction of sp³-hybridized carbons (Fsp3) is 0.222. The molecule has 28 heavy (non-hydrogen) atoms. The Hall–Kier alpha value is -2.69. The molecule has 0 aliphatic heterocycles. The maximum atomic E-state index is 12.6. The minimum absolute atomic E-state index is 0.133. The van der Waals surface area contributed by atoms with E-state index in [1.165, 1.54) is 11.6 Å². The van der Waals surface area contributed by atoms with Crippen LogP contribution >= 0.6 is 11.7 Å². The molecule has 0 aliphatic rings. The van der Waals surface area contributed by atoms with Crippen LogP contribution in [0.15, 0.2) is 47.4 Å². The van der Waals surface area contributed by atoms with Gasteiger partial charge in [0.15, 0.2) is 5.82 Å². The molecule has 0 unspecified atom stereocenters. The molecule has 0 fully saturated rings. The Morgan fingerprint density at radius 2 is 2.00 bits per heavy atom. The van der Waals surface area contributed by atoms with Crippen LogP contribution in [0.1, 0.15) is 22.8 Å². The molecule has 0 atom stereocenters. The normalized spacial score (nSPS) is 11.9. The zero-order valence-electron chi connectivity index (χ0n) is 15.1. The third-order valence-corrected chi connectivity index (χ3v) is 6.25. The van der Waals surface area contributed by atoms with Gasteiger partial charge in [-0.05, 0) is 24.6 Å². The number of hydrogen-bond donors (Lipinski definition) is 2. The van der Waals surface area contributed by atoms with Crippen molar-refractivity contribution in [2.45, 2.75) is 24.7 Å². The molecule has 0 aliphatic carbocycles. The molecule has 0 saturated heterocycles. The number of aryl methyl sites for hydroxylation is 1. The minimum Gasteiger partial charge on any atom is -0.263 e. The summed E-state index contributed by atoms with van der Waals surface area (Å²) in [6.07, 6.45) is 1.04. The predicted molar refractivity (Wildman–Crippen MR) is 107 cm³/mol. The molecule has 8 nitrogen and oxygen atoms in total. The zero-order valence-corrected chi connectivity index (χ0v) is 16.7. The van der Waals surface area contributed by atoms with Crippen molar-refractivity contribution in [3.8, 4) is 0 Å². The monoisotopic (exact) mass is 414 g/mol. The van der Waals surface area contributed by atoms with E-state index in [1.807, 2.05) is 25.1 Å². The Balaban J connectivity index is 1.39. The fourth-order valence-corrected chi connectivity index (χ4v) is 4.71. The maximum absolute atomic E-state index is 12.6. The molecule has 2 aromatic carbocycles. The topological polar surface area (TPSA) is 114 Å². The van der Waals surface area contributed by atoms with Crippen molar-refractivity contribution < 1.29 is 8.42 Å². The van der Waals surface area contributed by atoms with E-state index in [4.69, 9.17) is 0 Å². The Morgan fingerprint density at radius 3 is 2.86 bits per heavy atom. The molecule has 0 spiro atoms. The second-order valence-electron chi connectivity index (χ2n) is 6.40. The number of hydrogen-bond acceptors (Lipinski definition) is 7. The fourth-order valence-electron chi connectivity index (χ4n) is 2.91. The summed E-state index contributed by atoms with van der Waals surface area (Å²) >= 11 is 0.992. The Kier molecular flexibility index (Phi) is 5.16. The predicted octanol–water partition coefficient (Wildman–Crippen LogP) is 2.23. The SMILES string of the molecule is Cc1cccc(Cc2nc(CCNS(=O)(=O)c3cccc4nsnc34)n[nH]2)c1. The van der Waals surface area contributed by atoms with Crippen molar-refractivity contribution in [1.29, 1.82) is 0 Å². The third kappa shape index (κ3) is 4.08. The van der Waals surface area contributed by atoms with Gasteiger partial charge in [0.1, 0.15) is 21.8 Å². The van der Waals surface area contributed by atoms with Gasteiger partial charge < -0.3 is 0 Å².